The Morgan fingerprint density at radius 2 is 0.613 bits per heavy atom. The summed E-state index contributed by atoms with van der Waals surface area (Å²) in [5, 5.41) is 0. The molecule has 0 N–H and O–H groups in total. The van der Waals surface area contributed by atoms with Gasteiger partial charge < -0.3 is 0 Å². The molecule has 0 nitrogen and oxygen atoms in total. The van der Waals surface area contributed by atoms with E-state index in [9.17, 15) is 0 Å². The number of thioether (sulfide) groups is 2. The molecule has 0 amide bonds. The van der Waals surface area contributed by atoms with Gasteiger partial charge in [-0.25, -0.2) is 0 Å². The van der Waals surface area contributed by atoms with Crippen LogP contribution in [0.4, 0.5) is 0 Å². The Bertz CT molecular complexity index is 965. The second-order valence-electron chi connectivity index (χ2n) is 8.43. The lowest BCUT2D eigenvalue weighted by molar-refractivity contribution is 0.593. The van der Waals surface area contributed by atoms with Gasteiger partial charge in [0.25, 0.3) is 0 Å². The highest BCUT2D eigenvalue weighted by Crippen LogP contribution is 2.76. The van der Waals surface area contributed by atoms with Crippen molar-refractivity contribution in [2.45, 2.75) is 27.4 Å². The number of hydrogen-bond acceptors (Lipinski definition) is 2. The maximum atomic E-state index is 2.37. The van der Waals surface area contributed by atoms with E-state index in [1.165, 1.54) is 22.3 Å². The van der Waals surface area contributed by atoms with E-state index >= 15 is 0 Å². The molecule has 0 saturated carbocycles. The van der Waals surface area contributed by atoms with E-state index in [1.54, 1.807) is 0 Å². The summed E-state index contributed by atoms with van der Waals surface area (Å²) in [5.41, 5.74) is 5.38. The minimum absolute atomic E-state index is 0.0113. The number of hydrogen-bond donors (Lipinski definition) is 0. The van der Waals surface area contributed by atoms with E-state index in [0.29, 0.717) is 0 Å². The highest BCUT2D eigenvalue weighted by Gasteiger charge is 2.65. The lowest BCUT2D eigenvalue weighted by Crippen LogP contribution is -2.43. The standard InChI is InChI=1S/C29H26S2/c1-27(2)30-28(23-15-7-3-8-16-23,24-17-9-4-10-18-24)29(31-27,25-19-11-5-12-20-25)26-21-13-6-14-22-26/h3-22H,1-2H3. The summed E-state index contributed by atoms with van der Waals surface area (Å²) < 4.78 is -0.559. The van der Waals surface area contributed by atoms with E-state index in [4.69, 9.17) is 0 Å². The highest BCUT2D eigenvalue weighted by molar-refractivity contribution is 8.22. The Kier molecular flexibility index (Phi) is 5.24. The molecule has 1 aliphatic rings. The summed E-state index contributed by atoms with van der Waals surface area (Å²) >= 11 is 4.16. The average Bonchev–Trinajstić information content (AvgIpc) is 3.11. The Labute approximate surface area is 194 Å². The maximum absolute atomic E-state index is 2.37. The van der Waals surface area contributed by atoms with Crippen molar-refractivity contribution in [2.75, 3.05) is 0 Å². The van der Waals surface area contributed by atoms with Gasteiger partial charge >= 0.3 is 0 Å². The van der Waals surface area contributed by atoms with Gasteiger partial charge in [-0.15, -0.1) is 23.5 Å². The van der Waals surface area contributed by atoms with E-state index in [0.717, 1.165) is 0 Å². The van der Waals surface area contributed by atoms with Crippen LogP contribution in [0.2, 0.25) is 0 Å². The van der Waals surface area contributed by atoms with Gasteiger partial charge in [-0.2, -0.15) is 0 Å². The Hall–Kier alpha value is -2.42. The Morgan fingerprint density at radius 1 is 0.387 bits per heavy atom. The molecule has 4 aromatic carbocycles. The molecule has 0 unspecified atom stereocenters. The molecule has 0 aliphatic carbocycles. The van der Waals surface area contributed by atoms with Crippen LogP contribution in [-0.4, -0.2) is 4.08 Å². The molecule has 0 spiro atoms. The van der Waals surface area contributed by atoms with Crippen molar-refractivity contribution in [3.63, 3.8) is 0 Å². The Morgan fingerprint density at radius 3 is 0.839 bits per heavy atom. The van der Waals surface area contributed by atoms with E-state index in [-0.39, 0.29) is 13.6 Å². The van der Waals surface area contributed by atoms with Crippen LogP contribution < -0.4 is 0 Å². The largest absolute Gasteiger partial charge is 0.126 e. The molecule has 0 atom stereocenters. The fourth-order valence-corrected chi connectivity index (χ4v) is 9.39. The fourth-order valence-electron chi connectivity index (χ4n) is 4.98. The number of benzene rings is 4. The van der Waals surface area contributed by atoms with Gasteiger partial charge in [0.2, 0.25) is 0 Å². The first-order valence-electron chi connectivity index (χ1n) is 10.7. The lowest BCUT2D eigenvalue weighted by atomic mass is 9.72. The first kappa shape index (κ1) is 20.5. The molecule has 0 bridgehead atoms. The van der Waals surface area contributed by atoms with Crippen LogP contribution in [0.3, 0.4) is 0 Å². The molecule has 31 heavy (non-hydrogen) atoms. The van der Waals surface area contributed by atoms with Gasteiger partial charge in [0.1, 0.15) is 0 Å². The first-order chi connectivity index (χ1) is 15.1. The zero-order chi connectivity index (χ0) is 21.4. The zero-order valence-electron chi connectivity index (χ0n) is 17.9. The second-order valence-corrected chi connectivity index (χ2v) is 12.4. The van der Waals surface area contributed by atoms with Gasteiger partial charge in [0.05, 0.1) is 13.6 Å². The maximum Gasteiger partial charge on any atom is 0.0899 e. The van der Waals surface area contributed by atoms with Crippen molar-refractivity contribution in [1.82, 2.24) is 0 Å². The molecule has 1 fully saturated rings. The van der Waals surface area contributed by atoms with Crippen molar-refractivity contribution in [3.05, 3.63) is 144 Å². The average molecular weight is 439 g/mol. The van der Waals surface area contributed by atoms with Gasteiger partial charge in [-0.1, -0.05) is 121 Å². The molecule has 154 valence electrons. The summed E-state index contributed by atoms with van der Waals surface area (Å²) in [4.78, 5) is 0. The third kappa shape index (κ3) is 3.24. The van der Waals surface area contributed by atoms with E-state index < -0.39 is 0 Å². The molecule has 2 heteroatoms. The molecule has 0 radical (unpaired) electrons. The lowest BCUT2D eigenvalue weighted by Gasteiger charge is -2.46. The summed E-state index contributed by atoms with van der Waals surface area (Å²) in [5.74, 6) is 0. The number of rotatable bonds is 4. The van der Waals surface area contributed by atoms with Gasteiger partial charge in [-0.05, 0) is 36.1 Å². The smallest absolute Gasteiger partial charge is 0.0899 e. The van der Waals surface area contributed by atoms with Crippen molar-refractivity contribution in [2.24, 2.45) is 0 Å². The van der Waals surface area contributed by atoms with Gasteiger partial charge in [0.15, 0.2) is 0 Å². The molecule has 1 aliphatic heterocycles. The monoisotopic (exact) mass is 438 g/mol. The molecule has 1 saturated heterocycles. The molecule has 4 aromatic rings. The van der Waals surface area contributed by atoms with Crippen LogP contribution in [0.1, 0.15) is 36.1 Å². The van der Waals surface area contributed by atoms with Crippen LogP contribution in [0.25, 0.3) is 0 Å². The molecule has 5 rings (SSSR count). The molecular weight excluding hydrogens is 412 g/mol. The van der Waals surface area contributed by atoms with Crippen LogP contribution in [0.15, 0.2) is 121 Å². The van der Waals surface area contributed by atoms with Crippen LogP contribution in [0, 0.1) is 0 Å². The molecular formula is C29H26S2. The topological polar surface area (TPSA) is 0 Å². The summed E-state index contributed by atoms with van der Waals surface area (Å²) in [6.07, 6.45) is 0. The van der Waals surface area contributed by atoms with Crippen LogP contribution in [-0.2, 0) is 9.49 Å². The minimum Gasteiger partial charge on any atom is -0.126 e. The quantitative estimate of drug-likeness (QED) is 0.316. The first-order valence-corrected chi connectivity index (χ1v) is 12.3. The summed E-state index contributed by atoms with van der Waals surface area (Å²) in [6, 6.07) is 44.4. The third-order valence-corrected chi connectivity index (χ3v) is 9.79. The summed E-state index contributed by atoms with van der Waals surface area (Å²) in [6.45, 7) is 4.74. The van der Waals surface area contributed by atoms with Gasteiger partial charge in [0, 0.05) is 0 Å². The predicted octanol–water partition coefficient (Wildman–Crippen LogP) is 8.09. The predicted molar refractivity (Wildman–Crippen MR) is 137 cm³/mol. The SMILES string of the molecule is CC1(C)SC(c2ccccc2)(c2ccccc2)C(c2ccccc2)(c2ccccc2)S1. The molecule has 0 aromatic heterocycles. The minimum atomic E-state index is -0.285. The van der Waals surface area contributed by atoms with Crippen molar-refractivity contribution in [3.8, 4) is 0 Å². The van der Waals surface area contributed by atoms with E-state index in [2.05, 4.69) is 159 Å². The third-order valence-electron chi connectivity index (χ3n) is 6.01. The van der Waals surface area contributed by atoms with E-state index in [1.807, 2.05) is 0 Å². The highest BCUT2D eigenvalue weighted by atomic mass is 32.2. The Balaban J connectivity index is 1.96. The van der Waals surface area contributed by atoms with Crippen molar-refractivity contribution in [1.29, 1.82) is 0 Å². The molecule has 1 heterocycles. The fraction of sp³-hybridized carbons (Fsp3) is 0.172. The van der Waals surface area contributed by atoms with Crippen LogP contribution in [0.5, 0.6) is 0 Å². The second kappa shape index (κ2) is 7.93. The summed E-state index contributed by atoms with van der Waals surface area (Å²) in [7, 11) is 0. The van der Waals surface area contributed by atoms with Crippen molar-refractivity contribution < 1.29 is 0 Å². The van der Waals surface area contributed by atoms with Crippen molar-refractivity contribution >= 4 is 23.5 Å². The zero-order valence-corrected chi connectivity index (χ0v) is 19.5. The van der Waals surface area contributed by atoms with Crippen LogP contribution >= 0.6 is 23.5 Å². The van der Waals surface area contributed by atoms with Gasteiger partial charge in [-0.3, -0.25) is 0 Å². The normalized spacial score (nSPS) is 18.5.